The molecule has 5 heteroatoms. The lowest BCUT2D eigenvalue weighted by atomic mass is 9.84. The summed E-state index contributed by atoms with van der Waals surface area (Å²) in [5, 5.41) is 3.10. The smallest absolute Gasteiger partial charge is 0.317 e. The molecule has 1 N–H and O–H groups in total. The molecule has 2 aliphatic carbocycles. The van der Waals surface area contributed by atoms with Crippen LogP contribution in [0.1, 0.15) is 55.2 Å². The van der Waals surface area contributed by atoms with Gasteiger partial charge in [-0.3, -0.25) is 4.79 Å². The fourth-order valence-electron chi connectivity index (χ4n) is 5.34. The molecule has 1 aromatic rings. The average molecular weight is 384 g/mol. The number of hydrogen-bond donors (Lipinski definition) is 1. The molecule has 4 rings (SSSR count). The summed E-state index contributed by atoms with van der Waals surface area (Å²) in [6, 6.07) is 6.34. The highest BCUT2D eigenvalue weighted by Gasteiger charge is 2.53. The van der Waals surface area contributed by atoms with Gasteiger partial charge in [0.1, 0.15) is 6.54 Å². The van der Waals surface area contributed by atoms with Gasteiger partial charge in [-0.15, -0.1) is 0 Å². The summed E-state index contributed by atoms with van der Waals surface area (Å²) in [5.41, 5.74) is 4.13. The van der Waals surface area contributed by atoms with Crippen molar-refractivity contribution < 1.29 is 9.59 Å². The van der Waals surface area contributed by atoms with Crippen LogP contribution in [0.15, 0.2) is 18.2 Å². The number of piperazine rings is 1. The average Bonchev–Trinajstić information content (AvgIpc) is 3.32. The number of benzene rings is 1. The molecule has 152 valence electrons. The second kappa shape index (κ2) is 7.76. The molecule has 5 nitrogen and oxygen atoms in total. The van der Waals surface area contributed by atoms with E-state index >= 15 is 0 Å². The molecule has 3 amide bonds. The normalized spacial score (nSPS) is 23.8. The Balaban J connectivity index is 1.24. The van der Waals surface area contributed by atoms with Gasteiger partial charge in [-0.1, -0.05) is 48.6 Å². The standard InChI is InChI=1S/C23H33N3O2/c1-17-10-18(2)12-19(11-17)15-25-8-9-26(16-21(25)27)22(28)24-14-20-13-23(20)6-4-3-5-7-23/h10-12,20H,3-9,13-16H2,1-2H3,(H,24,28)/t20-/m0/s1. The van der Waals surface area contributed by atoms with Crippen LogP contribution in [-0.2, 0) is 11.3 Å². The van der Waals surface area contributed by atoms with Gasteiger partial charge in [0.25, 0.3) is 0 Å². The summed E-state index contributed by atoms with van der Waals surface area (Å²) in [7, 11) is 0. The zero-order valence-corrected chi connectivity index (χ0v) is 17.3. The predicted octanol–water partition coefficient (Wildman–Crippen LogP) is 3.63. The van der Waals surface area contributed by atoms with Gasteiger partial charge in [-0.05, 0) is 50.0 Å². The lowest BCUT2D eigenvalue weighted by Crippen LogP contribution is -2.54. The van der Waals surface area contributed by atoms with E-state index in [4.69, 9.17) is 0 Å². The third kappa shape index (κ3) is 4.18. The molecular formula is C23H33N3O2. The molecule has 3 aliphatic rings. The molecule has 1 aromatic carbocycles. The van der Waals surface area contributed by atoms with Crippen molar-refractivity contribution >= 4 is 11.9 Å². The lowest BCUT2D eigenvalue weighted by Gasteiger charge is -2.34. The van der Waals surface area contributed by atoms with Crippen LogP contribution in [0, 0.1) is 25.2 Å². The Kier molecular flexibility index (Phi) is 5.35. The van der Waals surface area contributed by atoms with E-state index in [1.54, 1.807) is 4.90 Å². The molecule has 1 heterocycles. The molecule has 1 spiro atoms. The highest BCUT2D eigenvalue weighted by Crippen LogP contribution is 2.60. The Morgan fingerprint density at radius 2 is 1.82 bits per heavy atom. The van der Waals surface area contributed by atoms with Gasteiger partial charge in [0.05, 0.1) is 0 Å². The molecule has 1 atom stereocenters. The summed E-state index contributed by atoms with van der Waals surface area (Å²) >= 11 is 0. The van der Waals surface area contributed by atoms with Gasteiger partial charge in [-0.2, -0.15) is 0 Å². The van der Waals surface area contributed by atoms with Crippen LogP contribution in [0.2, 0.25) is 0 Å². The largest absolute Gasteiger partial charge is 0.338 e. The van der Waals surface area contributed by atoms with Crippen molar-refractivity contribution in [2.75, 3.05) is 26.2 Å². The van der Waals surface area contributed by atoms with Crippen LogP contribution in [-0.4, -0.2) is 47.9 Å². The van der Waals surface area contributed by atoms with E-state index < -0.39 is 0 Å². The molecule has 0 bridgehead atoms. The molecule has 1 aliphatic heterocycles. The minimum atomic E-state index is -0.0720. The molecule has 28 heavy (non-hydrogen) atoms. The Labute approximate surface area is 168 Å². The van der Waals surface area contributed by atoms with Gasteiger partial charge in [0.15, 0.2) is 0 Å². The van der Waals surface area contributed by atoms with Crippen molar-refractivity contribution in [1.29, 1.82) is 0 Å². The van der Waals surface area contributed by atoms with E-state index in [0.717, 1.165) is 12.1 Å². The number of aryl methyl sites for hydroxylation is 2. The predicted molar refractivity (Wildman–Crippen MR) is 110 cm³/mol. The zero-order chi connectivity index (χ0) is 19.7. The van der Waals surface area contributed by atoms with E-state index in [9.17, 15) is 9.59 Å². The van der Waals surface area contributed by atoms with Crippen LogP contribution < -0.4 is 5.32 Å². The number of carbonyl (C=O) groups excluding carboxylic acids is 2. The fraction of sp³-hybridized carbons (Fsp3) is 0.652. The minimum Gasteiger partial charge on any atom is -0.338 e. The van der Waals surface area contributed by atoms with E-state index in [0.29, 0.717) is 31.0 Å². The summed E-state index contributed by atoms with van der Waals surface area (Å²) in [5.74, 6) is 0.689. The third-order valence-corrected chi connectivity index (χ3v) is 6.97. The number of nitrogens with zero attached hydrogens (tertiary/aromatic N) is 2. The van der Waals surface area contributed by atoms with Crippen molar-refractivity contribution in [3.63, 3.8) is 0 Å². The van der Waals surface area contributed by atoms with Crippen molar-refractivity contribution in [2.45, 2.75) is 58.9 Å². The molecule has 0 aromatic heterocycles. The van der Waals surface area contributed by atoms with E-state index in [1.165, 1.54) is 49.7 Å². The summed E-state index contributed by atoms with van der Waals surface area (Å²) in [4.78, 5) is 28.7. The number of amides is 3. The van der Waals surface area contributed by atoms with Gasteiger partial charge in [0.2, 0.25) is 5.91 Å². The molecule has 3 fully saturated rings. The first-order valence-corrected chi connectivity index (χ1v) is 10.8. The van der Waals surface area contributed by atoms with Crippen molar-refractivity contribution in [3.05, 3.63) is 34.9 Å². The second-order valence-electron chi connectivity index (χ2n) is 9.24. The van der Waals surface area contributed by atoms with Gasteiger partial charge in [0, 0.05) is 26.2 Å². The summed E-state index contributed by atoms with van der Waals surface area (Å²) < 4.78 is 0. The molecule has 2 saturated carbocycles. The lowest BCUT2D eigenvalue weighted by molar-refractivity contribution is -0.135. The maximum absolute atomic E-state index is 12.6. The topological polar surface area (TPSA) is 52.6 Å². The number of urea groups is 1. The molecule has 1 saturated heterocycles. The molecule has 0 unspecified atom stereocenters. The van der Waals surface area contributed by atoms with Crippen LogP contribution in [0.3, 0.4) is 0 Å². The number of nitrogens with one attached hydrogen (secondary N) is 1. The van der Waals surface area contributed by atoms with E-state index in [2.05, 4.69) is 37.4 Å². The Hall–Kier alpha value is -2.04. The first-order valence-electron chi connectivity index (χ1n) is 10.8. The quantitative estimate of drug-likeness (QED) is 0.863. The van der Waals surface area contributed by atoms with Crippen molar-refractivity contribution in [3.8, 4) is 0 Å². The monoisotopic (exact) mass is 383 g/mol. The first kappa shape index (κ1) is 19.3. The van der Waals surface area contributed by atoms with E-state index in [-0.39, 0.29) is 18.5 Å². The van der Waals surface area contributed by atoms with Gasteiger partial charge in [-0.25, -0.2) is 4.79 Å². The van der Waals surface area contributed by atoms with Crippen LogP contribution in [0.4, 0.5) is 4.79 Å². The van der Waals surface area contributed by atoms with E-state index in [1.807, 2.05) is 4.90 Å². The summed E-state index contributed by atoms with van der Waals surface area (Å²) in [6.07, 6.45) is 8.01. The highest BCUT2D eigenvalue weighted by molar-refractivity contribution is 5.85. The van der Waals surface area contributed by atoms with Crippen molar-refractivity contribution in [1.82, 2.24) is 15.1 Å². The van der Waals surface area contributed by atoms with Gasteiger partial charge < -0.3 is 15.1 Å². The number of carbonyl (C=O) groups is 2. The first-order chi connectivity index (χ1) is 13.4. The Bertz CT molecular complexity index is 734. The SMILES string of the molecule is Cc1cc(C)cc(CN2CCN(C(=O)NC[C@@H]3CC34CCCCC4)CC2=O)c1. The summed E-state index contributed by atoms with van der Waals surface area (Å²) in [6.45, 7) is 6.96. The van der Waals surface area contributed by atoms with Crippen LogP contribution >= 0.6 is 0 Å². The Morgan fingerprint density at radius 1 is 1.11 bits per heavy atom. The molecule has 0 radical (unpaired) electrons. The van der Waals surface area contributed by atoms with Crippen LogP contribution in [0.25, 0.3) is 0 Å². The van der Waals surface area contributed by atoms with Gasteiger partial charge >= 0.3 is 6.03 Å². The minimum absolute atomic E-state index is 0.0377. The second-order valence-corrected chi connectivity index (χ2v) is 9.24. The number of rotatable bonds is 4. The van der Waals surface area contributed by atoms with Crippen molar-refractivity contribution in [2.24, 2.45) is 11.3 Å². The zero-order valence-electron chi connectivity index (χ0n) is 17.3. The number of hydrogen-bond acceptors (Lipinski definition) is 2. The molecular weight excluding hydrogens is 350 g/mol. The maximum Gasteiger partial charge on any atom is 0.317 e. The highest BCUT2D eigenvalue weighted by atomic mass is 16.2. The Morgan fingerprint density at radius 3 is 2.50 bits per heavy atom. The third-order valence-electron chi connectivity index (χ3n) is 6.97. The fourth-order valence-corrected chi connectivity index (χ4v) is 5.34. The maximum atomic E-state index is 12.6. The van der Waals surface area contributed by atoms with Crippen LogP contribution in [0.5, 0.6) is 0 Å².